The number of hydrogen-bond donors (Lipinski definition) is 2. The molecule has 0 aromatic heterocycles. The van der Waals surface area contributed by atoms with Crippen LogP contribution in [0.25, 0.3) is 0 Å². The number of carboxylic acid groups (broad SMARTS) is 1. The summed E-state index contributed by atoms with van der Waals surface area (Å²) >= 11 is 0. The number of rotatable bonds is 8. The summed E-state index contributed by atoms with van der Waals surface area (Å²) in [5, 5.41) is 9.06. The normalized spacial score (nSPS) is 14.6. The topological polar surface area (TPSA) is 81.8 Å². The van der Waals surface area contributed by atoms with Crippen molar-refractivity contribution in [3.8, 4) is 11.5 Å². The maximum absolute atomic E-state index is 12.6. The van der Waals surface area contributed by atoms with Crippen molar-refractivity contribution in [1.82, 2.24) is 0 Å². The number of aliphatic carboxylic acids is 1. The molecule has 0 saturated heterocycles. The Kier molecular flexibility index (Phi) is 7.13. The number of carboxylic acids is 1. The largest absolute Gasteiger partial charge is 0.573 e. The Morgan fingerprint density at radius 2 is 1.73 bits per heavy atom. The lowest BCUT2D eigenvalue weighted by atomic mass is 9.86. The van der Waals surface area contributed by atoms with Crippen LogP contribution < -0.4 is 15.2 Å². The molecular formula is C15H17F6NO4. The van der Waals surface area contributed by atoms with Gasteiger partial charge in [0.25, 0.3) is 0 Å². The number of carbonyl (C=O) groups is 1. The predicted octanol–water partition coefficient (Wildman–Crippen LogP) is 4.03. The van der Waals surface area contributed by atoms with Gasteiger partial charge in [-0.1, -0.05) is 6.92 Å². The second kappa shape index (κ2) is 8.47. The van der Waals surface area contributed by atoms with Crippen LogP contribution in [0.2, 0.25) is 0 Å². The summed E-state index contributed by atoms with van der Waals surface area (Å²) in [4.78, 5) is 11.1. The molecule has 0 aliphatic heterocycles. The molecule has 26 heavy (non-hydrogen) atoms. The molecule has 1 aromatic rings. The van der Waals surface area contributed by atoms with Crippen molar-refractivity contribution in [1.29, 1.82) is 0 Å². The van der Waals surface area contributed by atoms with Crippen molar-refractivity contribution in [2.75, 3.05) is 6.54 Å². The third-order valence-electron chi connectivity index (χ3n) is 3.58. The van der Waals surface area contributed by atoms with Gasteiger partial charge in [-0.3, -0.25) is 4.79 Å². The maximum atomic E-state index is 12.6. The molecule has 0 fully saturated rings. The van der Waals surface area contributed by atoms with Crippen LogP contribution in [0.4, 0.5) is 26.3 Å². The molecule has 0 radical (unpaired) electrons. The van der Waals surface area contributed by atoms with Crippen molar-refractivity contribution < 1.29 is 45.7 Å². The summed E-state index contributed by atoms with van der Waals surface area (Å²) in [6, 6.07) is 2.14. The lowest BCUT2D eigenvalue weighted by Crippen LogP contribution is -2.26. The molecular weight excluding hydrogens is 372 g/mol. The fourth-order valence-electron chi connectivity index (χ4n) is 2.42. The molecule has 3 N–H and O–H groups in total. The first-order valence-electron chi connectivity index (χ1n) is 7.44. The molecule has 148 valence electrons. The second-order valence-corrected chi connectivity index (χ2v) is 5.41. The van der Waals surface area contributed by atoms with Crippen LogP contribution in [-0.2, 0) is 4.79 Å². The van der Waals surface area contributed by atoms with Gasteiger partial charge in [0.1, 0.15) is 11.5 Å². The monoisotopic (exact) mass is 389 g/mol. The molecule has 11 heteroatoms. The summed E-state index contributed by atoms with van der Waals surface area (Å²) < 4.78 is 82.4. The van der Waals surface area contributed by atoms with E-state index in [2.05, 4.69) is 9.47 Å². The molecule has 2 unspecified atom stereocenters. The van der Waals surface area contributed by atoms with Gasteiger partial charge < -0.3 is 20.3 Å². The smallest absolute Gasteiger partial charge is 0.481 e. The number of ether oxygens (including phenoxy) is 2. The molecule has 5 nitrogen and oxygen atoms in total. The number of benzene rings is 1. The fourth-order valence-corrected chi connectivity index (χ4v) is 2.42. The minimum atomic E-state index is -5.07. The lowest BCUT2D eigenvalue weighted by Gasteiger charge is -2.23. The van der Waals surface area contributed by atoms with Gasteiger partial charge in [-0.2, -0.15) is 0 Å². The van der Waals surface area contributed by atoms with E-state index >= 15 is 0 Å². The van der Waals surface area contributed by atoms with Gasteiger partial charge in [-0.05, 0) is 37.0 Å². The second-order valence-electron chi connectivity index (χ2n) is 5.41. The summed E-state index contributed by atoms with van der Waals surface area (Å²) in [7, 11) is 0. The minimum absolute atomic E-state index is 0.146. The SMILES string of the molecule is CCC(CC(CN)C(=O)O)c1cc(OC(F)(F)F)ccc1OC(F)(F)F. The molecule has 1 aromatic carbocycles. The van der Waals surface area contributed by atoms with Crippen molar-refractivity contribution in [2.45, 2.75) is 38.4 Å². The van der Waals surface area contributed by atoms with Crippen molar-refractivity contribution >= 4 is 5.97 Å². The van der Waals surface area contributed by atoms with Crippen LogP contribution in [0.15, 0.2) is 18.2 Å². The van der Waals surface area contributed by atoms with E-state index in [1.165, 1.54) is 0 Å². The predicted molar refractivity (Wildman–Crippen MR) is 77.6 cm³/mol. The molecule has 0 spiro atoms. The van der Waals surface area contributed by atoms with E-state index < -0.39 is 42.0 Å². The van der Waals surface area contributed by atoms with Gasteiger partial charge in [-0.25, -0.2) is 0 Å². The highest BCUT2D eigenvalue weighted by Crippen LogP contribution is 2.39. The first kappa shape index (κ1) is 21.9. The maximum Gasteiger partial charge on any atom is 0.573 e. The molecule has 0 aliphatic rings. The molecule has 0 amide bonds. The Bertz CT molecular complexity index is 617. The molecule has 0 bridgehead atoms. The standard InChI is InChI=1S/C15H17F6NO4/c1-2-8(5-9(7-22)13(23)24)11-6-10(25-14(16,17)18)3-4-12(11)26-15(19,20)21/h3-4,6,8-9H,2,5,7,22H2,1H3,(H,23,24). The van der Waals surface area contributed by atoms with Gasteiger partial charge >= 0.3 is 18.7 Å². The van der Waals surface area contributed by atoms with Gasteiger partial charge in [0, 0.05) is 12.1 Å². The Balaban J connectivity index is 3.30. The van der Waals surface area contributed by atoms with E-state index in [1.807, 2.05) is 0 Å². The lowest BCUT2D eigenvalue weighted by molar-refractivity contribution is -0.277. The average molecular weight is 389 g/mol. The summed E-state index contributed by atoms with van der Waals surface area (Å²) in [6.45, 7) is 1.27. The minimum Gasteiger partial charge on any atom is -0.481 e. The highest BCUT2D eigenvalue weighted by molar-refractivity contribution is 5.70. The van der Waals surface area contributed by atoms with Crippen molar-refractivity contribution in [3.05, 3.63) is 23.8 Å². The summed E-state index contributed by atoms with van der Waals surface area (Å²) in [5.41, 5.74) is 5.10. The van der Waals surface area contributed by atoms with Gasteiger partial charge in [0.05, 0.1) is 5.92 Å². The zero-order valence-electron chi connectivity index (χ0n) is 13.5. The number of alkyl halides is 6. The zero-order valence-corrected chi connectivity index (χ0v) is 13.5. The van der Waals surface area contributed by atoms with E-state index in [0.29, 0.717) is 12.1 Å². The molecule has 2 atom stereocenters. The quantitative estimate of drug-likeness (QED) is 0.656. The third kappa shape index (κ3) is 6.98. The number of hydrogen-bond acceptors (Lipinski definition) is 4. The van der Waals surface area contributed by atoms with Crippen molar-refractivity contribution in [2.24, 2.45) is 11.7 Å². The van der Waals surface area contributed by atoms with Crippen LogP contribution in [0.1, 0.15) is 31.2 Å². The van der Waals surface area contributed by atoms with Gasteiger partial charge in [0.15, 0.2) is 0 Å². The van der Waals surface area contributed by atoms with Crippen LogP contribution in [0.3, 0.4) is 0 Å². The van der Waals surface area contributed by atoms with Crippen LogP contribution in [-0.4, -0.2) is 30.3 Å². The van der Waals surface area contributed by atoms with Gasteiger partial charge in [-0.15, -0.1) is 26.3 Å². The number of nitrogens with two attached hydrogens (primary N) is 1. The first-order valence-corrected chi connectivity index (χ1v) is 7.44. The van der Waals surface area contributed by atoms with E-state index in [9.17, 15) is 31.1 Å². The number of halogens is 6. The fraction of sp³-hybridized carbons (Fsp3) is 0.533. The highest BCUT2D eigenvalue weighted by atomic mass is 19.4. The Morgan fingerprint density at radius 3 is 2.15 bits per heavy atom. The van der Waals surface area contributed by atoms with E-state index in [1.54, 1.807) is 6.92 Å². The first-order chi connectivity index (χ1) is 11.9. The Morgan fingerprint density at radius 1 is 1.15 bits per heavy atom. The Hall–Kier alpha value is -2.17. The van der Waals surface area contributed by atoms with Gasteiger partial charge in [0.2, 0.25) is 0 Å². The van der Waals surface area contributed by atoms with Crippen LogP contribution in [0.5, 0.6) is 11.5 Å². The zero-order chi connectivity index (χ0) is 20.1. The average Bonchev–Trinajstić information content (AvgIpc) is 2.47. The molecule has 0 aliphatic carbocycles. The highest BCUT2D eigenvalue weighted by Gasteiger charge is 2.35. The molecule has 1 rings (SSSR count). The Labute approximate surface area is 144 Å². The van der Waals surface area contributed by atoms with Crippen LogP contribution in [0, 0.1) is 5.92 Å². The molecule has 0 heterocycles. The summed E-state index contributed by atoms with van der Waals surface area (Å²) in [6.07, 6.45) is -10.1. The van der Waals surface area contributed by atoms with E-state index in [-0.39, 0.29) is 24.9 Å². The molecule has 0 saturated carbocycles. The van der Waals surface area contributed by atoms with Crippen molar-refractivity contribution in [3.63, 3.8) is 0 Å². The van der Waals surface area contributed by atoms with E-state index in [4.69, 9.17) is 10.8 Å². The third-order valence-corrected chi connectivity index (χ3v) is 3.58. The van der Waals surface area contributed by atoms with E-state index in [0.717, 1.165) is 6.07 Å². The summed E-state index contributed by atoms with van der Waals surface area (Å²) in [5.74, 6) is -4.63. The van der Waals surface area contributed by atoms with Crippen LogP contribution >= 0.6 is 0 Å².